The lowest BCUT2D eigenvalue weighted by atomic mass is 10.2. The van der Waals surface area contributed by atoms with E-state index in [-0.39, 0.29) is 27.7 Å². The van der Waals surface area contributed by atoms with Crippen LogP contribution in [0, 0.1) is 13.8 Å². The van der Waals surface area contributed by atoms with Crippen LogP contribution in [-0.4, -0.2) is 22.0 Å². The predicted molar refractivity (Wildman–Crippen MR) is 119 cm³/mol. The third-order valence-corrected chi connectivity index (χ3v) is 7.28. The summed E-state index contributed by atoms with van der Waals surface area (Å²) in [5.74, 6) is 0. The largest absolute Gasteiger partial charge is 0.316 e. The monoisotopic (exact) mass is 461 g/mol. The SMILES string of the molecule is Cc1ccc(S(=O)(=O)Nc2ccc(CNO)cc2NS(=O)(=O)c2ccc(C)cc2)cc1. The van der Waals surface area contributed by atoms with Gasteiger partial charge in [-0.1, -0.05) is 41.5 Å². The molecule has 31 heavy (non-hydrogen) atoms. The summed E-state index contributed by atoms with van der Waals surface area (Å²) in [6.07, 6.45) is 0. The zero-order chi connectivity index (χ0) is 22.6. The maximum atomic E-state index is 12.9. The minimum absolute atomic E-state index is 0.0315. The molecular formula is C21H23N3O5S2. The van der Waals surface area contributed by atoms with Gasteiger partial charge in [0, 0.05) is 6.54 Å². The summed E-state index contributed by atoms with van der Waals surface area (Å²) >= 11 is 0. The molecule has 4 N–H and O–H groups in total. The van der Waals surface area contributed by atoms with E-state index in [9.17, 15) is 16.8 Å². The molecule has 0 aliphatic heterocycles. The van der Waals surface area contributed by atoms with Gasteiger partial charge in [-0.05, 0) is 55.8 Å². The van der Waals surface area contributed by atoms with Crippen molar-refractivity contribution < 1.29 is 22.0 Å². The first-order chi connectivity index (χ1) is 14.6. The number of aryl methyl sites for hydroxylation is 2. The van der Waals surface area contributed by atoms with Crippen molar-refractivity contribution in [1.82, 2.24) is 5.48 Å². The van der Waals surface area contributed by atoms with Crippen LogP contribution in [0.15, 0.2) is 76.5 Å². The molecule has 0 fully saturated rings. The minimum Gasteiger partial charge on any atom is -0.316 e. The number of anilines is 2. The van der Waals surface area contributed by atoms with E-state index in [2.05, 4.69) is 9.44 Å². The fourth-order valence-corrected chi connectivity index (χ4v) is 4.96. The van der Waals surface area contributed by atoms with Gasteiger partial charge in [0.25, 0.3) is 20.0 Å². The fraction of sp³-hybridized carbons (Fsp3) is 0.143. The standard InChI is InChI=1S/C21H23N3O5S2/c1-15-3-8-18(9-4-15)30(26,27)23-20-12-7-17(14-22-25)13-21(20)24-31(28,29)19-10-5-16(2)6-11-19/h3-13,22-25H,14H2,1-2H3. The molecule has 10 heteroatoms. The summed E-state index contributed by atoms with van der Waals surface area (Å²) in [6.45, 7) is 3.73. The minimum atomic E-state index is -3.98. The first kappa shape index (κ1) is 22.8. The Bertz CT molecular complexity index is 1270. The topological polar surface area (TPSA) is 125 Å². The van der Waals surface area contributed by atoms with E-state index in [1.54, 1.807) is 30.3 Å². The van der Waals surface area contributed by atoms with Gasteiger partial charge in [-0.25, -0.2) is 22.3 Å². The Kier molecular flexibility index (Phi) is 6.65. The number of benzene rings is 3. The van der Waals surface area contributed by atoms with Crippen LogP contribution in [-0.2, 0) is 26.6 Å². The lowest BCUT2D eigenvalue weighted by Crippen LogP contribution is -2.18. The highest BCUT2D eigenvalue weighted by Gasteiger charge is 2.20. The van der Waals surface area contributed by atoms with Crippen LogP contribution in [0.4, 0.5) is 11.4 Å². The van der Waals surface area contributed by atoms with Crippen molar-refractivity contribution >= 4 is 31.4 Å². The molecule has 0 saturated carbocycles. The molecule has 0 amide bonds. The van der Waals surface area contributed by atoms with Gasteiger partial charge in [-0.2, -0.15) is 0 Å². The van der Waals surface area contributed by atoms with E-state index < -0.39 is 20.0 Å². The van der Waals surface area contributed by atoms with Crippen LogP contribution in [0.3, 0.4) is 0 Å². The molecule has 3 aromatic rings. The van der Waals surface area contributed by atoms with Crippen LogP contribution < -0.4 is 14.9 Å². The summed E-state index contributed by atoms with van der Waals surface area (Å²) in [6, 6.07) is 17.0. The molecule has 0 spiro atoms. The van der Waals surface area contributed by atoms with E-state index in [1.165, 1.54) is 36.4 Å². The molecule has 0 unspecified atom stereocenters. The highest BCUT2D eigenvalue weighted by Crippen LogP contribution is 2.29. The molecule has 0 radical (unpaired) electrons. The summed E-state index contributed by atoms with van der Waals surface area (Å²) in [7, 11) is -7.93. The van der Waals surface area contributed by atoms with Gasteiger partial charge < -0.3 is 5.21 Å². The predicted octanol–water partition coefficient (Wildman–Crippen LogP) is 3.38. The van der Waals surface area contributed by atoms with Crippen LogP contribution in [0.1, 0.15) is 16.7 Å². The van der Waals surface area contributed by atoms with Gasteiger partial charge in [0.15, 0.2) is 0 Å². The molecule has 164 valence electrons. The van der Waals surface area contributed by atoms with Crippen LogP contribution in [0.5, 0.6) is 0 Å². The summed E-state index contributed by atoms with van der Waals surface area (Å²) < 4.78 is 56.2. The Labute approximate surface area is 182 Å². The normalized spacial score (nSPS) is 11.8. The second kappa shape index (κ2) is 9.06. The zero-order valence-corrected chi connectivity index (χ0v) is 18.6. The number of sulfonamides is 2. The van der Waals surface area contributed by atoms with E-state index in [1.807, 2.05) is 19.3 Å². The van der Waals surface area contributed by atoms with E-state index in [0.717, 1.165) is 11.1 Å². The quantitative estimate of drug-likeness (QED) is 0.381. The summed E-state index contributed by atoms with van der Waals surface area (Å²) in [5, 5.41) is 8.97. The van der Waals surface area contributed by atoms with Gasteiger partial charge in [-0.3, -0.25) is 9.44 Å². The first-order valence-corrected chi connectivity index (χ1v) is 12.3. The van der Waals surface area contributed by atoms with Crippen molar-refractivity contribution in [3.63, 3.8) is 0 Å². The molecule has 0 heterocycles. The smallest absolute Gasteiger partial charge is 0.261 e. The van der Waals surface area contributed by atoms with Crippen molar-refractivity contribution in [2.45, 2.75) is 30.2 Å². The molecule has 3 rings (SSSR count). The number of hydrogen-bond acceptors (Lipinski definition) is 6. The lowest BCUT2D eigenvalue weighted by Gasteiger charge is -2.16. The van der Waals surface area contributed by atoms with E-state index in [0.29, 0.717) is 5.56 Å². The Morgan fingerprint density at radius 3 is 1.58 bits per heavy atom. The number of hydroxylamine groups is 1. The highest BCUT2D eigenvalue weighted by atomic mass is 32.2. The van der Waals surface area contributed by atoms with Gasteiger partial charge in [0.2, 0.25) is 0 Å². The second-order valence-electron chi connectivity index (χ2n) is 7.05. The van der Waals surface area contributed by atoms with Crippen molar-refractivity contribution in [1.29, 1.82) is 0 Å². The Morgan fingerprint density at radius 2 is 1.13 bits per heavy atom. The molecule has 0 saturated heterocycles. The van der Waals surface area contributed by atoms with E-state index >= 15 is 0 Å². The molecule has 0 aliphatic rings. The Morgan fingerprint density at radius 1 is 0.677 bits per heavy atom. The van der Waals surface area contributed by atoms with Gasteiger partial charge in [-0.15, -0.1) is 0 Å². The average molecular weight is 462 g/mol. The van der Waals surface area contributed by atoms with Gasteiger partial charge in [0.05, 0.1) is 21.2 Å². The van der Waals surface area contributed by atoms with Crippen molar-refractivity contribution in [3.8, 4) is 0 Å². The molecule has 0 bridgehead atoms. The third-order valence-electron chi connectivity index (χ3n) is 4.52. The maximum absolute atomic E-state index is 12.9. The Hall–Kier alpha value is -2.92. The summed E-state index contributed by atoms with van der Waals surface area (Å²) in [4.78, 5) is 0.0858. The third kappa shape index (κ3) is 5.61. The first-order valence-electron chi connectivity index (χ1n) is 9.29. The van der Waals surface area contributed by atoms with Crippen molar-refractivity contribution in [2.24, 2.45) is 0 Å². The molecule has 0 atom stereocenters. The van der Waals surface area contributed by atoms with Crippen LogP contribution >= 0.6 is 0 Å². The van der Waals surface area contributed by atoms with Crippen LogP contribution in [0.25, 0.3) is 0 Å². The van der Waals surface area contributed by atoms with E-state index in [4.69, 9.17) is 5.21 Å². The summed E-state index contributed by atoms with van der Waals surface area (Å²) in [5.41, 5.74) is 4.44. The average Bonchev–Trinajstić information content (AvgIpc) is 2.70. The Balaban J connectivity index is 1.99. The molecular weight excluding hydrogens is 438 g/mol. The molecule has 8 nitrogen and oxygen atoms in total. The zero-order valence-electron chi connectivity index (χ0n) is 17.0. The number of rotatable bonds is 8. The van der Waals surface area contributed by atoms with Crippen molar-refractivity contribution in [3.05, 3.63) is 83.4 Å². The molecule has 3 aromatic carbocycles. The molecule has 0 aromatic heterocycles. The van der Waals surface area contributed by atoms with Gasteiger partial charge >= 0.3 is 0 Å². The fourth-order valence-electron chi connectivity index (χ4n) is 2.81. The highest BCUT2D eigenvalue weighted by molar-refractivity contribution is 7.93. The molecule has 0 aliphatic carbocycles. The van der Waals surface area contributed by atoms with Crippen molar-refractivity contribution in [2.75, 3.05) is 9.44 Å². The van der Waals surface area contributed by atoms with Gasteiger partial charge in [0.1, 0.15) is 0 Å². The number of hydrogen-bond donors (Lipinski definition) is 4. The second-order valence-corrected chi connectivity index (χ2v) is 10.4. The van der Waals surface area contributed by atoms with Crippen LogP contribution in [0.2, 0.25) is 0 Å². The lowest BCUT2D eigenvalue weighted by molar-refractivity contribution is 0.161. The maximum Gasteiger partial charge on any atom is 0.261 e. The number of nitrogens with one attached hydrogen (secondary N) is 3.